The van der Waals surface area contributed by atoms with Gasteiger partial charge in [0.25, 0.3) is 0 Å². The maximum atomic E-state index is 9.44. The fourth-order valence-electron chi connectivity index (χ4n) is 1.19. The molecule has 0 aliphatic carbocycles. The lowest BCUT2D eigenvalue weighted by molar-refractivity contribution is 0.481. The van der Waals surface area contributed by atoms with Gasteiger partial charge in [-0.1, -0.05) is 17.7 Å². The Morgan fingerprint density at radius 2 is 2.17 bits per heavy atom. The molecule has 1 aromatic heterocycles. The highest BCUT2D eigenvalue weighted by atomic mass is 79.9. The van der Waals surface area contributed by atoms with Gasteiger partial charge in [-0.05, 0) is 12.1 Å². The Morgan fingerprint density at radius 1 is 1.42 bits per heavy atom. The maximum absolute atomic E-state index is 9.44. The van der Waals surface area contributed by atoms with Crippen molar-refractivity contribution >= 4 is 38.7 Å². The molecule has 2 rings (SSSR count). The van der Waals surface area contributed by atoms with E-state index in [-0.39, 0.29) is 5.75 Å². The Bertz CT molecular complexity index is 438. The number of fused-ring (bicyclic) bond motifs is 1. The third-order valence-electron chi connectivity index (χ3n) is 1.71. The number of halogens is 2. The Morgan fingerprint density at radius 3 is 2.83 bits per heavy atom. The molecule has 0 aliphatic rings. The van der Waals surface area contributed by atoms with Crippen molar-refractivity contribution in [2.24, 2.45) is 0 Å². The molecule has 0 amide bonds. The van der Waals surface area contributed by atoms with Crippen molar-refractivity contribution in [1.29, 1.82) is 0 Å². The van der Waals surface area contributed by atoms with Crippen LogP contribution < -0.4 is 0 Å². The largest absolute Gasteiger partial charge is 0.506 e. The quantitative estimate of drug-likeness (QED) is 0.759. The summed E-state index contributed by atoms with van der Waals surface area (Å²) in [6.07, 6.45) is 1.57. The molecular formula is C8H5BrClNO. The van der Waals surface area contributed by atoms with Crippen LogP contribution in [0.2, 0.25) is 5.02 Å². The van der Waals surface area contributed by atoms with Crippen LogP contribution in [-0.4, -0.2) is 8.70 Å². The topological polar surface area (TPSA) is 25.2 Å². The second-order valence-corrected chi connectivity index (χ2v) is 3.63. The van der Waals surface area contributed by atoms with Crippen molar-refractivity contribution in [2.45, 2.75) is 0 Å². The van der Waals surface area contributed by atoms with E-state index in [1.54, 1.807) is 15.9 Å². The molecular weight excluding hydrogens is 241 g/mol. The van der Waals surface area contributed by atoms with E-state index in [0.29, 0.717) is 10.4 Å². The summed E-state index contributed by atoms with van der Waals surface area (Å²) in [6, 6.07) is 5.45. The molecule has 1 heterocycles. The van der Waals surface area contributed by atoms with E-state index in [1.165, 1.54) is 0 Å². The van der Waals surface area contributed by atoms with Crippen LogP contribution >= 0.6 is 27.7 Å². The second kappa shape index (κ2) is 2.68. The van der Waals surface area contributed by atoms with Gasteiger partial charge in [0, 0.05) is 0 Å². The second-order valence-electron chi connectivity index (χ2n) is 2.46. The summed E-state index contributed by atoms with van der Waals surface area (Å²) in [5.74, 6) is 0.187. The van der Waals surface area contributed by atoms with E-state index < -0.39 is 0 Å². The molecule has 2 aromatic rings. The Balaban J connectivity index is 2.99. The summed E-state index contributed by atoms with van der Waals surface area (Å²) in [7, 11) is 0. The molecule has 1 aromatic carbocycles. The molecule has 0 saturated heterocycles. The minimum absolute atomic E-state index is 0.187. The molecule has 0 saturated carbocycles. The summed E-state index contributed by atoms with van der Waals surface area (Å²) in [5.41, 5.74) is 0.861. The molecule has 0 spiro atoms. The van der Waals surface area contributed by atoms with Crippen molar-refractivity contribution in [3.05, 3.63) is 29.4 Å². The monoisotopic (exact) mass is 245 g/mol. The van der Waals surface area contributed by atoms with Gasteiger partial charge in [0.2, 0.25) is 0 Å². The number of benzene rings is 1. The van der Waals surface area contributed by atoms with Gasteiger partial charge in [-0.25, -0.2) is 0 Å². The van der Waals surface area contributed by atoms with Crippen molar-refractivity contribution in [2.75, 3.05) is 0 Å². The van der Waals surface area contributed by atoms with Crippen LogP contribution in [0.5, 0.6) is 5.75 Å². The van der Waals surface area contributed by atoms with Crippen molar-refractivity contribution < 1.29 is 5.11 Å². The van der Waals surface area contributed by atoms with Gasteiger partial charge in [-0.15, -0.1) is 0 Å². The van der Waals surface area contributed by atoms with Crippen LogP contribution in [0.25, 0.3) is 10.9 Å². The molecule has 4 heteroatoms. The number of hydrogen-bond acceptors (Lipinski definition) is 1. The van der Waals surface area contributed by atoms with Crippen LogP contribution in [0.1, 0.15) is 0 Å². The summed E-state index contributed by atoms with van der Waals surface area (Å²) < 4.78 is 1.66. The molecule has 0 radical (unpaired) electrons. The van der Waals surface area contributed by atoms with E-state index in [1.807, 2.05) is 12.1 Å². The summed E-state index contributed by atoms with van der Waals surface area (Å²) in [5, 5.41) is 10.7. The first-order chi connectivity index (χ1) is 5.70. The zero-order valence-electron chi connectivity index (χ0n) is 5.96. The molecule has 0 bridgehead atoms. The van der Waals surface area contributed by atoms with Crippen LogP contribution in [0.4, 0.5) is 0 Å². The third-order valence-corrected chi connectivity index (χ3v) is 2.62. The minimum atomic E-state index is 0.187. The summed E-state index contributed by atoms with van der Waals surface area (Å²) >= 11 is 9.13. The van der Waals surface area contributed by atoms with Gasteiger partial charge in [0.15, 0.2) is 0 Å². The predicted octanol–water partition coefficient (Wildman–Crippen LogP) is 3.16. The summed E-state index contributed by atoms with van der Waals surface area (Å²) in [4.78, 5) is 0. The third kappa shape index (κ3) is 1.01. The number of nitrogens with zero attached hydrogens (tertiary/aromatic N) is 1. The zero-order chi connectivity index (χ0) is 8.72. The number of aromatic nitrogens is 1. The Kier molecular flexibility index (Phi) is 1.77. The van der Waals surface area contributed by atoms with Crippen molar-refractivity contribution in [1.82, 2.24) is 3.59 Å². The van der Waals surface area contributed by atoms with Crippen LogP contribution in [0, 0.1) is 0 Å². The van der Waals surface area contributed by atoms with Gasteiger partial charge in [0.05, 0.1) is 38.3 Å². The highest BCUT2D eigenvalue weighted by Crippen LogP contribution is 2.33. The fourth-order valence-corrected chi connectivity index (χ4v) is 1.94. The molecule has 1 N–H and O–H groups in total. The van der Waals surface area contributed by atoms with Crippen molar-refractivity contribution in [3.8, 4) is 5.75 Å². The first kappa shape index (κ1) is 7.95. The SMILES string of the molecule is Oc1cn(Br)c2cccc(Cl)c12. The van der Waals surface area contributed by atoms with Crippen LogP contribution in [-0.2, 0) is 0 Å². The first-order valence-corrected chi connectivity index (χ1v) is 4.43. The average molecular weight is 246 g/mol. The van der Waals surface area contributed by atoms with Gasteiger partial charge in [-0.2, -0.15) is 0 Å². The predicted molar refractivity (Wildman–Crippen MR) is 52.9 cm³/mol. The standard InChI is InChI=1S/C8H5BrClNO/c9-11-4-7(12)8-5(10)2-1-3-6(8)11/h1-4,12H. The highest BCUT2D eigenvalue weighted by molar-refractivity contribution is 9.08. The molecule has 0 atom stereocenters. The van der Waals surface area contributed by atoms with Crippen LogP contribution in [0.3, 0.4) is 0 Å². The number of aromatic hydroxyl groups is 1. The Hall–Kier alpha value is -0.670. The van der Waals surface area contributed by atoms with E-state index in [4.69, 9.17) is 11.6 Å². The van der Waals surface area contributed by atoms with Crippen LogP contribution in [0.15, 0.2) is 24.4 Å². The Labute approximate surface area is 82.7 Å². The fraction of sp³-hybridized carbons (Fsp3) is 0. The van der Waals surface area contributed by atoms with E-state index in [2.05, 4.69) is 16.1 Å². The molecule has 0 unspecified atom stereocenters. The number of hydrogen-bond donors (Lipinski definition) is 1. The molecule has 0 aliphatic heterocycles. The number of rotatable bonds is 0. The summed E-state index contributed by atoms with van der Waals surface area (Å²) in [6.45, 7) is 0. The molecule has 12 heavy (non-hydrogen) atoms. The maximum Gasteiger partial charge on any atom is 0.143 e. The lowest BCUT2D eigenvalue weighted by Crippen LogP contribution is -1.73. The molecule has 62 valence electrons. The van der Waals surface area contributed by atoms with Gasteiger partial charge < -0.3 is 5.11 Å². The van der Waals surface area contributed by atoms with E-state index in [9.17, 15) is 5.11 Å². The zero-order valence-corrected chi connectivity index (χ0v) is 8.30. The van der Waals surface area contributed by atoms with E-state index >= 15 is 0 Å². The van der Waals surface area contributed by atoms with Gasteiger partial charge in [0.1, 0.15) is 5.75 Å². The first-order valence-electron chi connectivity index (χ1n) is 3.35. The van der Waals surface area contributed by atoms with Gasteiger partial charge in [-0.3, -0.25) is 3.59 Å². The lowest BCUT2D eigenvalue weighted by atomic mass is 10.2. The minimum Gasteiger partial charge on any atom is -0.506 e. The lowest BCUT2D eigenvalue weighted by Gasteiger charge is -1.94. The average Bonchev–Trinajstić information content (AvgIpc) is 2.29. The highest BCUT2D eigenvalue weighted by Gasteiger charge is 2.08. The molecule has 0 fully saturated rings. The molecule has 2 nitrogen and oxygen atoms in total. The normalized spacial score (nSPS) is 10.8. The van der Waals surface area contributed by atoms with Gasteiger partial charge >= 0.3 is 0 Å². The van der Waals surface area contributed by atoms with Crippen molar-refractivity contribution in [3.63, 3.8) is 0 Å². The smallest absolute Gasteiger partial charge is 0.143 e. The van der Waals surface area contributed by atoms with E-state index in [0.717, 1.165) is 5.52 Å².